The fourth-order valence-corrected chi connectivity index (χ4v) is 2.57. The molecule has 3 amide bonds. The summed E-state index contributed by atoms with van der Waals surface area (Å²) in [5.74, 6) is -1.48. The third kappa shape index (κ3) is 2.91. The second-order valence-electron chi connectivity index (χ2n) is 5.20. The van der Waals surface area contributed by atoms with E-state index in [0.717, 1.165) is 10.5 Å². The van der Waals surface area contributed by atoms with E-state index in [1.165, 1.54) is 24.3 Å². The Morgan fingerprint density at radius 1 is 1.09 bits per heavy atom. The molecule has 6 nitrogen and oxygen atoms in total. The van der Waals surface area contributed by atoms with E-state index >= 15 is 0 Å². The molecule has 0 saturated carbocycles. The van der Waals surface area contributed by atoms with Gasteiger partial charge in [0.25, 0.3) is 0 Å². The lowest BCUT2D eigenvalue weighted by Crippen LogP contribution is -2.51. The van der Waals surface area contributed by atoms with Gasteiger partial charge in [-0.3, -0.25) is 4.79 Å². The maximum atomic E-state index is 12.4. The minimum atomic E-state index is -1.11. The molecule has 1 saturated heterocycles. The monoisotopic (exact) mass is 310 g/mol. The first kappa shape index (κ1) is 14.8. The first-order valence-electron chi connectivity index (χ1n) is 7.08. The van der Waals surface area contributed by atoms with E-state index in [2.05, 4.69) is 5.32 Å². The summed E-state index contributed by atoms with van der Waals surface area (Å²) in [6, 6.07) is 14.1. The number of imide groups is 1. The summed E-state index contributed by atoms with van der Waals surface area (Å²) in [6.45, 7) is 0. The van der Waals surface area contributed by atoms with Crippen LogP contribution in [0.5, 0.6) is 0 Å². The van der Waals surface area contributed by atoms with Crippen molar-refractivity contribution in [2.24, 2.45) is 0 Å². The summed E-state index contributed by atoms with van der Waals surface area (Å²) in [7, 11) is 0. The summed E-state index contributed by atoms with van der Waals surface area (Å²) in [6.07, 6.45) is 0.118. The fourth-order valence-electron chi connectivity index (χ4n) is 2.57. The van der Waals surface area contributed by atoms with Crippen molar-refractivity contribution in [1.29, 1.82) is 0 Å². The van der Waals surface area contributed by atoms with Crippen LogP contribution < -0.4 is 10.2 Å². The van der Waals surface area contributed by atoms with E-state index in [4.69, 9.17) is 5.11 Å². The highest BCUT2D eigenvalue weighted by Crippen LogP contribution is 2.26. The van der Waals surface area contributed by atoms with E-state index in [1.54, 1.807) is 0 Å². The van der Waals surface area contributed by atoms with Gasteiger partial charge in [-0.05, 0) is 23.8 Å². The summed E-state index contributed by atoms with van der Waals surface area (Å²) in [5, 5.41) is 11.8. The van der Waals surface area contributed by atoms with Crippen LogP contribution in [0.1, 0.15) is 28.4 Å². The van der Waals surface area contributed by atoms with E-state index in [1.807, 2.05) is 30.3 Å². The van der Waals surface area contributed by atoms with Crippen LogP contribution in [0.3, 0.4) is 0 Å². The first-order chi connectivity index (χ1) is 11.1. The zero-order valence-electron chi connectivity index (χ0n) is 12.1. The Morgan fingerprint density at radius 2 is 1.83 bits per heavy atom. The molecule has 0 radical (unpaired) electrons. The molecule has 1 heterocycles. The minimum absolute atomic E-state index is 0.0216. The van der Waals surface area contributed by atoms with Gasteiger partial charge in [0.2, 0.25) is 5.91 Å². The average Bonchev–Trinajstić information content (AvgIpc) is 2.55. The first-order valence-corrected chi connectivity index (χ1v) is 7.08. The molecule has 1 fully saturated rings. The highest BCUT2D eigenvalue weighted by molar-refractivity contribution is 6.16. The second-order valence-corrected chi connectivity index (χ2v) is 5.20. The zero-order valence-corrected chi connectivity index (χ0v) is 12.1. The van der Waals surface area contributed by atoms with Crippen LogP contribution >= 0.6 is 0 Å². The molecule has 1 aliphatic rings. The topological polar surface area (TPSA) is 86.7 Å². The van der Waals surface area contributed by atoms with Gasteiger partial charge in [-0.15, -0.1) is 0 Å². The third-order valence-electron chi connectivity index (χ3n) is 3.68. The van der Waals surface area contributed by atoms with Crippen molar-refractivity contribution in [1.82, 2.24) is 5.32 Å². The van der Waals surface area contributed by atoms with Crippen molar-refractivity contribution in [2.75, 3.05) is 4.90 Å². The number of nitrogens with one attached hydrogen (secondary N) is 1. The van der Waals surface area contributed by atoms with Gasteiger partial charge < -0.3 is 10.4 Å². The van der Waals surface area contributed by atoms with Gasteiger partial charge in [-0.2, -0.15) is 0 Å². The van der Waals surface area contributed by atoms with Crippen LogP contribution in [0.4, 0.5) is 10.5 Å². The van der Waals surface area contributed by atoms with Crippen molar-refractivity contribution >= 4 is 23.6 Å². The number of benzene rings is 2. The van der Waals surface area contributed by atoms with Crippen molar-refractivity contribution in [2.45, 2.75) is 12.5 Å². The van der Waals surface area contributed by atoms with Gasteiger partial charge in [0.1, 0.15) is 0 Å². The molecule has 0 bridgehead atoms. The number of anilines is 1. The van der Waals surface area contributed by atoms with Crippen LogP contribution in [0, 0.1) is 0 Å². The number of hydrogen-bond acceptors (Lipinski definition) is 3. The van der Waals surface area contributed by atoms with Crippen molar-refractivity contribution < 1.29 is 19.5 Å². The molecule has 2 aromatic rings. The standard InChI is InChI=1S/C17H14N2O4/c20-15-10-14(11-5-2-1-3-6-11)18-17(23)19(15)13-8-4-7-12(9-13)16(21)22/h1-9,14H,10H2,(H,18,23)(H,21,22). The zero-order chi connectivity index (χ0) is 16.4. The molecular weight excluding hydrogens is 296 g/mol. The van der Waals surface area contributed by atoms with Crippen LogP contribution in [-0.4, -0.2) is 23.0 Å². The molecule has 2 aromatic carbocycles. The van der Waals surface area contributed by atoms with E-state index < -0.39 is 12.0 Å². The SMILES string of the molecule is O=C(O)c1cccc(N2C(=O)CC(c3ccccc3)NC2=O)c1. The molecular formula is C17H14N2O4. The van der Waals surface area contributed by atoms with Crippen LogP contribution in [0.2, 0.25) is 0 Å². The van der Waals surface area contributed by atoms with Crippen molar-refractivity contribution in [3.8, 4) is 0 Å². The number of amides is 3. The molecule has 0 spiro atoms. The fraction of sp³-hybridized carbons (Fsp3) is 0.118. The van der Waals surface area contributed by atoms with Gasteiger partial charge in [0, 0.05) is 0 Å². The van der Waals surface area contributed by atoms with Crippen LogP contribution in [0.25, 0.3) is 0 Å². The number of carbonyl (C=O) groups excluding carboxylic acids is 2. The second kappa shape index (κ2) is 5.92. The summed E-state index contributed by atoms with van der Waals surface area (Å²) < 4.78 is 0. The molecule has 6 heteroatoms. The molecule has 0 aromatic heterocycles. The molecule has 2 N–H and O–H groups in total. The van der Waals surface area contributed by atoms with Gasteiger partial charge in [0.05, 0.1) is 23.7 Å². The Bertz CT molecular complexity index is 755. The number of nitrogens with zero attached hydrogens (tertiary/aromatic N) is 1. The van der Waals surface area contributed by atoms with Gasteiger partial charge in [0.15, 0.2) is 0 Å². The van der Waals surface area contributed by atoms with Crippen LogP contribution in [-0.2, 0) is 4.79 Å². The van der Waals surface area contributed by atoms with Crippen LogP contribution in [0.15, 0.2) is 54.6 Å². The minimum Gasteiger partial charge on any atom is -0.478 e. The largest absolute Gasteiger partial charge is 0.478 e. The molecule has 1 atom stereocenters. The van der Waals surface area contributed by atoms with Gasteiger partial charge in [-0.1, -0.05) is 36.4 Å². The highest BCUT2D eigenvalue weighted by atomic mass is 16.4. The molecule has 23 heavy (non-hydrogen) atoms. The lowest BCUT2D eigenvalue weighted by atomic mass is 10.0. The summed E-state index contributed by atoms with van der Waals surface area (Å²) in [4.78, 5) is 36.7. The quantitative estimate of drug-likeness (QED) is 0.912. The van der Waals surface area contributed by atoms with Crippen molar-refractivity contribution in [3.63, 3.8) is 0 Å². The van der Waals surface area contributed by atoms with Crippen molar-refractivity contribution in [3.05, 3.63) is 65.7 Å². The van der Waals surface area contributed by atoms with Gasteiger partial charge in [-0.25, -0.2) is 14.5 Å². The maximum Gasteiger partial charge on any atom is 0.335 e. The molecule has 1 unspecified atom stereocenters. The highest BCUT2D eigenvalue weighted by Gasteiger charge is 2.33. The van der Waals surface area contributed by atoms with E-state index in [9.17, 15) is 14.4 Å². The molecule has 3 rings (SSSR count). The van der Waals surface area contributed by atoms with E-state index in [0.29, 0.717) is 0 Å². The third-order valence-corrected chi connectivity index (χ3v) is 3.68. The normalized spacial score (nSPS) is 17.7. The smallest absolute Gasteiger partial charge is 0.335 e. The Labute approximate surface area is 132 Å². The molecule has 0 aliphatic carbocycles. The predicted octanol–water partition coefficient (Wildman–Crippen LogP) is 2.57. The number of aromatic carboxylic acids is 1. The summed E-state index contributed by atoms with van der Waals surface area (Å²) >= 11 is 0. The Balaban J connectivity index is 1.86. The lowest BCUT2D eigenvalue weighted by molar-refractivity contribution is -0.119. The number of carboxylic acid groups (broad SMARTS) is 1. The maximum absolute atomic E-state index is 12.4. The predicted molar refractivity (Wildman–Crippen MR) is 83.2 cm³/mol. The Morgan fingerprint density at radius 3 is 2.48 bits per heavy atom. The van der Waals surface area contributed by atoms with Gasteiger partial charge >= 0.3 is 12.0 Å². The number of carbonyl (C=O) groups is 3. The molecule has 1 aliphatic heterocycles. The molecule has 116 valence electrons. The lowest BCUT2D eigenvalue weighted by Gasteiger charge is -2.31. The van der Waals surface area contributed by atoms with E-state index in [-0.39, 0.29) is 29.6 Å². The number of rotatable bonds is 3. The Hall–Kier alpha value is -3.15. The Kier molecular flexibility index (Phi) is 3.80. The number of urea groups is 1. The average molecular weight is 310 g/mol. The number of hydrogen-bond donors (Lipinski definition) is 2. The summed E-state index contributed by atoms with van der Waals surface area (Å²) in [5.41, 5.74) is 1.13. The number of carboxylic acids is 1.